The molecule has 4 heterocycles. The van der Waals surface area contributed by atoms with E-state index in [2.05, 4.69) is 20.4 Å². The number of aromatic nitrogens is 4. The van der Waals surface area contributed by atoms with E-state index < -0.39 is 17.8 Å². The second kappa shape index (κ2) is 8.82. The molecule has 1 atom stereocenters. The minimum atomic E-state index is -0.776. The molecule has 0 spiro atoms. The molecule has 4 rings (SSSR count). The molecule has 11 heteroatoms. The maximum atomic E-state index is 13.9. The van der Waals surface area contributed by atoms with Gasteiger partial charge in [0.25, 0.3) is 5.91 Å². The van der Waals surface area contributed by atoms with Crippen LogP contribution in [0.25, 0.3) is 5.65 Å². The molecule has 31 heavy (non-hydrogen) atoms. The van der Waals surface area contributed by atoms with Gasteiger partial charge < -0.3 is 25.2 Å². The third kappa shape index (κ3) is 4.01. The quantitative estimate of drug-likeness (QED) is 0.500. The summed E-state index contributed by atoms with van der Waals surface area (Å²) in [6, 6.07) is 2.25. The third-order valence-electron chi connectivity index (χ3n) is 5.32. The lowest BCUT2D eigenvalue weighted by Gasteiger charge is -2.27. The summed E-state index contributed by atoms with van der Waals surface area (Å²) in [5.41, 5.74) is 1.19. The van der Waals surface area contributed by atoms with Crippen LogP contribution < -0.4 is 15.0 Å². The van der Waals surface area contributed by atoms with Gasteiger partial charge in [-0.3, -0.25) is 4.79 Å². The molecule has 164 valence electrons. The van der Waals surface area contributed by atoms with Crippen LogP contribution in [0.2, 0.25) is 0 Å². The van der Waals surface area contributed by atoms with E-state index in [9.17, 15) is 19.4 Å². The summed E-state index contributed by atoms with van der Waals surface area (Å²) in [5.74, 6) is 0.0319. The fourth-order valence-electron chi connectivity index (χ4n) is 3.81. The normalized spacial score (nSPS) is 16.3. The van der Waals surface area contributed by atoms with Crippen LogP contribution in [-0.2, 0) is 0 Å². The largest absolute Gasteiger partial charge is 0.481 e. The van der Waals surface area contributed by atoms with Crippen molar-refractivity contribution in [2.24, 2.45) is 0 Å². The van der Waals surface area contributed by atoms with Gasteiger partial charge in [-0.05, 0) is 25.0 Å². The summed E-state index contributed by atoms with van der Waals surface area (Å²) in [4.78, 5) is 23.3. The maximum Gasteiger partial charge on any atom is 0.257 e. The predicted molar refractivity (Wildman–Crippen MR) is 108 cm³/mol. The molecule has 3 aromatic heterocycles. The van der Waals surface area contributed by atoms with E-state index in [1.807, 2.05) is 4.90 Å². The number of hydrogen-bond acceptors (Lipinski definition) is 8. The minimum absolute atomic E-state index is 0.179. The van der Waals surface area contributed by atoms with Crippen LogP contribution in [0.5, 0.6) is 5.88 Å². The summed E-state index contributed by atoms with van der Waals surface area (Å²) >= 11 is 0. The van der Waals surface area contributed by atoms with E-state index in [1.165, 1.54) is 23.9 Å². The average Bonchev–Trinajstić information content (AvgIpc) is 3.44. The van der Waals surface area contributed by atoms with Crippen LogP contribution >= 0.6 is 0 Å². The molecule has 1 unspecified atom stereocenters. The van der Waals surface area contributed by atoms with Crippen molar-refractivity contribution in [2.45, 2.75) is 24.9 Å². The summed E-state index contributed by atoms with van der Waals surface area (Å²) < 4.78 is 20.7. The van der Waals surface area contributed by atoms with Crippen LogP contribution in [-0.4, -0.2) is 68.6 Å². The van der Waals surface area contributed by atoms with Crippen LogP contribution in [0.1, 0.15) is 34.8 Å². The molecule has 1 aliphatic rings. The number of amides is 1. The van der Waals surface area contributed by atoms with Gasteiger partial charge in [0.05, 0.1) is 44.8 Å². The molecule has 1 amide bonds. The molecule has 0 bridgehead atoms. The van der Waals surface area contributed by atoms with E-state index in [-0.39, 0.29) is 24.8 Å². The molecule has 3 aromatic rings. The first-order valence-corrected chi connectivity index (χ1v) is 9.88. The van der Waals surface area contributed by atoms with E-state index in [4.69, 9.17) is 4.74 Å². The van der Waals surface area contributed by atoms with E-state index in [1.54, 1.807) is 12.3 Å². The number of methoxy groups -OCH3 is 1. The Morgan fingerprint density at radius 2 is 2.19 bits per heavy atom. The van der Waals surface area contributed by atoms with Gasteiger partial charge in [-0.25, -0.2) is 18.9 Å². The minimum Gasteiger partial charge on any atom is -0.481 e. The Kier molecular flexibility index (Phi) is 5.96. The van der Waals surface area contributed by atoms with Crippen LogP contribution in [0.4, 0.5) is 10.2 Å². The maximum absolute atomic E-state index is 13.9. The Morgan fingerprint density at radius 1 is 1.39 bits per heavy atom. The average molecular weight is 430 g/mol. The first kappa shape index (κ1) is 20.9. The van der Waals surface area contributed by atoms with Crippen LogP contribution in [0.15, 0.2) is 30.7 Å². The molecule has 1 saturated heterocycles. The summed E-state index contributed by atoms with van der Waals surface area (Å²) in [6.07, 6.45) is 5.85. The van der Waals surface area contributed by atoms with Crippen LogP contribution in [0, 0.1) is 5.82 Å². The van der Waals surface area contributed by atoms with Crippen LogP contribution in [0.3, 0.4) is 0 Å². The molecule has 0 radical (unpaired) electrons. The smallest absolute Gasteiger partial charge is 0.257 e. The lowest BCUT2D eigenvalue weighted by atomic mass is 10.1. The van der Waals surface area contributed by atoms with Crippen molar-refractivity contribution in [1.82, 2.24) is 24.9 Å². The molecular weight excluding hydrogens is 407 g/mol. The third-order valence-corrected chi connectivity index (χ3v) is 5.32. The summed E-state index contributed by atoms with van der Waals surface area (Å²) in [7, 11) is 1.50. The lowest BCUT2D eigenvalue weighted by molar-refractivity contribution is 0.0881. The molecule has 1 aliphatic heterocycles. The first-order valence-electron chi connectivity index (χ1n) is 9.88. The van der Waals surface area contributed by atoms with Gasteiger partial charge in [0, 0.05) is 18.3 Å². The topological polar surface area (TPSA) is 125 Å². The Hall–Kier alpha value is -3.31. The van der Waals surface area contributed by atoms with Crippen molar-refractivity contribution in [3.8, 4) is 5.88 Å². The second-order valence-corrected chi connectivity index (χ2v) is 7.25. The van der Waals surface area contributed by atoms with E-state index in [0.29, 0.717) is 29.5 Å². The number of halogens is 1. The highest BCUT2D eigenvalue weighted by atomic mass is 19.1. The molecular formula is C20H23FN6O4. The zero-order valence-corrected chi connectivity index (χ0v) is 16.9. The van der Waals surface area contributed by atoms with Crippen molar-refractivity contribution in [3.05, 3.63) is 47.7 Å². The molecule has 10 nitrogen and oxygen atoms in total. The van der Waals surface area contributed by atoms with E-state index in [0.717, 1.165) is 19.0 Å². The predicted octanol–water partition coefficient (Wildman–Crippen LogP) is 0.696. The zero-order valence-electron chi connectivity index (χ0n) is 16.9. The number of fused-ring (bicyclic) bond motifs is 1. The summed E-state index contributed by atoms with van der Waals surface area (Å²) in [5, 5.41) is 25.1. The van der Waals surface area contributed by atoms with Gasteiger partial charge in [-0.2, -0.15) is 5.10 Å². The van der Waals surface area contributed by atoms with E-state index >= 15 is 0 Å². The highest BCUT2D eigenvalue weighted by molar-refractivity contribution is 5.99. The van der Waals surface area contributed by atoms with Gasteiger partial charge in [0.1, 0.15) is 17.2 Å². The summed E-state index contributed by atoms with van der Waals surface area (Å²) in [6.45, 7) is -0.0849. The molecule has 1 fully saturated rings. The molecule has 0 aliphatic carbocycles. The standard InChI is InChI=1S/C20H23FN6O4/c1-31-20-14(7-12(21)8-22-20)16-3-2-5-26(16)17-4-6-27-18(25-17)15(9-23-27)19(30)24-13(10-28)11-29/h4,6-9,13,16,28-29H,2-3,5,10-11H2,1H3,(H,24,30). The number of anilines is 1. The fraction of sp³-hybridized carbons (Fsp3) is 0.400. The van der Waals surface area contributed by atoms with Gasteiger partial charge in [-0.1, -0.05) is 0 Å². The second-order valence-electron chi connectivity index (χ2n) is 7.25. The first-order chi connectivity index (χ1) is 15.0. The Labute approximate surface area is 177 Å². The highest BCUT2D eigenvalue weighted by Gasteiger charge is 2.31. The van der Waals surface area contributed by atoms with Crippen molar-refractivity contribution in [1.29, 1.82) is 0 Å². The number of nitrogens with zero attached hydrogens (tertiary/aromatic N) is 5. The highest BCUT2D eigenvalue weighted by Crippen LogP contribution is 2.38. The fourth-order valence-corrected chi connectivity index (χ4v) is 3.81. The Balaban J connectivity index is 1.68. The Bertz CT molecular complexity index is 1090. The van der Waals surface area contributed by atoms with Crippen molar-refractivity contribution in [2.75, 3.05) is 31.8 Å². The number of rotatable bonds is 7. The number of aliphatic hydroxyl groups is 2. The van der Waals surface area contributed by atoms with Crippen molar-refractivity contribution >= 4 is 17.4 Å². The molecule has 0 aromatic carbocycles. The van der Waals surface area contributed by atoms with Gasteiger partial charge in [0.2, 0.25) is 5.88 Å². The number of aliphatic hydroxyl groups excluding tert-OH is 2. The van der Waals surface area contributed by atoms with Crippen molar-refractivity contribution in [3.63, 3.8) is 0 Å². The number of carbonyl (C=O) groups excluding carboxylic acids is 1. The number of nitrogens with one attached hydrogen (secondary N) is 1. The molecule has 3 N–H and O–H groups in total. The van der Waals surface area contributed by atoms with Gasteiger partial charge >= 0.3 is 0 Å². The van der Waals surface area contributed by atoms with Crippen molar-refractivity contribution < 1.29 is 24.1 Å². The SMILES string of the molecule is COc1ncc(F)cc1C1CCCN1c1ccn2ncc(C(=O)NC(CO)CO)c2n1. The Morgan fingerprint density at radius 3 is 2.94 bits per heavy atom. The molecule has 0 saturated carbocycles. The lowest BCUT2D eigenvalue weighted by Crippen LogP contribution is -2.40. The monoisotopic (exact) mass is 430 g/mol. The van der Waals surface area contributed by atoms with Gasteiger partial charge in [0.15, 0.2) is 5.65 Å². The zero-order chi connectivity index (χ0) is 22.0. The van der Waals surface area contributed by atoms with Gasteiger partial charge in [-0.15, -0.1) is 0 Å². The number of hydrogen-bond donors (Lipinski definition) is 3. The number of pyridine rings is 1. The number of carbonyl (C=O) groups is 1. The number of ether oxygens (including phenoxy) is 1.